The molecule has 0 spiro atoms. The van der Waals surface area contributed by atoms with E-state index in [-0.39, 0.29) is 24.1 Å². The zero-order valence-corrected chi connectivity index (χ0v) is 18.3. The quantitative estimate of drug-likeness (QED) is 0.771. The summed E-state index contributed by atoms with van der Waals surface area (Å²) in [5.41, 5.74) is 2.44. The second-order valence-corrected chi connectivity index (χ2v) is 8.41. The SMILES string of the molecule is CC(C)c1ccc(NC(=O)[C@@H]2CC(=O)NC(N3CCN(c4ccccc4F)CC3)=N2)cc1. The van der Waals surface area contributed by atoms with Gasteiger partial charge in [-0.1, -0.05) is 38.1 Å². The fourth-order valence-electron chi connectivity index (χ4n) is 3.93. The second-order valence-electron chi connectivity index (χ2n) is 8.41. The van der Waals surface area contributed by atoms with E-state index in [4.69, 9.17) is 0 Å². The number of amides is 2. The van der Waals surface area contributed by atoms with Crippen LogP contribution in [0.2, 0.25) is 0 Å². The van der Waals surface area contributed by atoms with Gasteiger partial charge in [-0.25, -0.2) is 9.38 Å². The van der Waals surface area contributed by atoms with Crippen molar-refractivity contribution < 1.29 is 14.0 Å². The Morgan fingerprint density at radius 1 is 1.06 bits per heavy atom. The van der Waals surface area contributed by atoms with Gasteiger partial charge in [-0.05, 0) is 35.7 Å². The molecule has 0 aliphatic carbocycles. The van der Waals surface area contributed by atoms with Gasteiger partial charge in [0.15, 0.2) is 0 Å². The van der Waals surface area contributed by atoms with E-state index in [0.29, 0.717) is 49.4 Å². The van der Waals surface area contributed by atoms with Crippen LogP contribution in [0.5, 0.6) is 0 Å². The van der Waals surface area contributed by atoms with Crippen LogP contribution < -0.4 is 15.5 Å². The highest BCUT2D eigenvalue weighted by Crippen LogP contribution is 2.21. The number of nitrogens with zero attached hydrogens (tertiary/aromatic N) is 3. The number of para-hydroxylation sites is 1. The number of nitrogens with one attached hydrogen (secondary N) is 2. The third kappa shape index (κ3) is 4.90. The van der Waals surface area contributed by atoms with Gasteiger partial charge in [0.2, 0.25) is 17.8 Å². The van der Waals surface area contributed by atoms with Crippen molar-refractivity contribution in [1.82, 2.24) is 10.2 Å². The van der Waals surface area contributed by atoms with E-state index in [1.54, 1.807) is 12.1 Å². The van der Waals surface area contributed by atoms with Crippen molar-refractivity contribution in [3.8, 4) is 0 Å². The number of hydrogen-bond acceptors (Lipinski definition) is 5. The molecule has 2 heterocycles. The number of benzene rings is 2. The number of halogens is 1. The van der Waals surface area contributed by atoms with E-state index in [1.807, 2.05) is 40.1 Å². The van der Waals surface area contributed by atoms with Crippen LogP contribution in [0.4, 0.5) is 15.8 Å². The molecule has 0 radical (unpaired) electrons. The van der Waals surface area contributed by atoms with Crippen LogP contribution in [0.1, 0.15) is 31.7 Å². The largest absolute Gasteiger partial charge is 0.366 e. The number of rotatable bonds is 4. The fourth-order valence-corrected chi connectivity index (χ4v) is 3.93. The summed E-state index contributed by atoms with van der Waals surface area (Å²) in [6.45, 7) is 6.54. The average molecular weight is 438 g/mol. The molecule has 4 rings (SSSR count). The molecule has 2 N–H and O–H groups in total. The molecular formula is C24H28FN5O2. The molecule has 2 aromatic rings. The van der Waals surface area contributed by atoms with Crippen LogP contribution >= 0.6 is 0 Å². The van der Waals surface area contributed by atoms with E-state index in [2.05, 4.69) is 29.5 Å². The Balaban J connectivity index is 1.40. The lowest BCUT2D eigenvalue weighted by molar-refractivity contribution is -0.125. The van der Waals surface area contributed by atoms with E-state index in [1.165, 1.54) is 11.6 Å². The van der Waals surface area contributed by atoms with Crippen LogP contribution in [-0.2, 0) is 9.59 Å². The van der Waals surface area contributed by atoms with Crippen molar-refractivity contribution in [3.05, 3.63) is 59.9 Å². The number of carbonyl (C=O) groups excluding carboxylic acids is 2. The van der Waals surface area contributed by atoms with Gasteiger partial charge in [-0.3, -0.25) is 14.9 Å². The average Bonchev–Trinajstić information content (AvgIpc) is 2.79. The molecular weight excluding hydrogens is 409 g/mol. The van der Waals surface area contributed by atoms with Crippen LogP contribution in [0, 0.1) is 5.82 Å². The molecule has 0 bridgehead atoms. The number of anilines is 2. The van der Waals surface area contributed by atoms with Gasteiger partial charge in [0, 0.05) is 31.9 Å². The minimum atomic E-state index is -0.784. The summed E-state index contributed by atoms with van der Waals surface area (Å²) in [6, 6.07) is 13.6. The molecule has 1 saturated heterocycles. The molecule has 1 atom stereocenters. The lowest BCUT2D eigenvalue weighted by Crippen LogP contribution is -2.56. The Kier molecular flexibility index (Phi) is 6.39. The highest BCUT2D eigenvalue weighted by Gasteiger charge is 2.31. The zero-order valence-electron chi connectivity index (χ0n) is 18.3. The van der Waals surface area contributed by atoms with Crippen molar-refractivity contribution in [2.45, 2.75) is 32.2 Å². The Labute approximate surface area is 187 Å². The zero-order chi connectivity index (χ0) is 22.7. The smallest absolute Gasteiger partial charge is 0.249 e. The lowest BCUT2D eigenvalue weighted by Gasteiger charge is -2.38. The summed E-state index contributed by atoms with van der Waals surface area (Å²) in [4.78, 5) is 33.5. The molecule has 168 valence electrons. The molecule has 0 saturated carbocycles. The first-order chi connectivity index (χ1) is 15.4. The topological polar surface area (TPSA) is 77.0 Å². The Morgan fingerprint density at radius 2 is 1.72 bits per heavy atom. The van der Waals surface area contributed by atoms with Crippen molar-refractivity contribution in [1.29, 1.82) is 0 Å². The normalized spacial score (nSPS) is 18.9. The van der Waals surface area contributed by atoms with Gasteiger partial charge in [0.25, 0.3) is 0 Å². The van der Waals surface area contributed by atoms with Crippen LogP contribution in [-0.4, -0.2) is 54.9 Å². The fraction of sp³-hybridized carbons (Fsp3) is 0.375. The third-order valence-electron chi connectivity index (χ3n) is 5.83. The third-order valence-corrected chi connectivity index (χ3v) is 5.83. The van der Waals surface area contributed by atoms with Crippen LogP contribution in [0.15, 0.2) is 53.5 Å². The minimum absolute atomic E-state index is 0.00853. The van der Waals surface area contributed by atoms with E-state index >= 15 is 0 Å². The molecule has 32 heavy (non-hydrogen) atoms. The first-order valence-corrected chi connectivity index (χ1v) is 10.9. The van der Waals surface area contributed by atoms with Crippen molar-refractivity contribution >= 4 is 29.1 Å². The van der Waals surface area contributed by atoms with E-state index < -0.39 is 6.04 Å². The van der Waals surface area contributed by atoms with Crippen molar-refractivity contribution in [2.75, 3.05) is 36.4 Å². The standard InChI is InChI=1S/C24H28FN5O2/c1-16(2)17-7-9-18(10-8-17)26-23(32)20-15-22(31)28-24(27-20)30-13-11-29(12-14-30)21-6-4-3-5-19(21)25/h3-10,16,20H,11-15H2,1-2H3,(H,26,32)(H,27,28,31)/t20-/m0/s1. The summed E-state index contributed by atoms with van der Waals surface area (Å²) < 4.78 is 14.1. The maximum atomic E-state index is 14.1. The molecule has 0 aromatic heterocycles. The van der Waals surface area contributed by atoms with Gasteiger partial charge in [0.05, 0.1) is 12.1 Å². The molecule has 7 nitrogen and oxygen atoms in total. The molecule has 1 fully saturated rings. The van der Waals surface area contributed by atoms with Crippen LogP contribution in [0.3, 0.4) is 0 Å². The van der Waals surface area contributed by atoms with Crippen LogP contribution in [0.25, 0.3) is 0 Å². The van der Waals surface area contributed by atoms with Gasteiger partial charge in [-0.2, -0.15) is 0 Å². The predicted molar refractivity (Wildman–Crippen MR) is 123 cm³/mol. The van der Waals surface area contributed by atoms with Gasteiger partial charge >= 0.3 is 0 Å². The van der Waals surface area contributed by atoms with Crippen molar-refractivity contribution in [3.63, 3.8) is 0 Å². The number of piperazine rings is 1. The lowest BCUT2D eigenvalue weighted by atomic mass is 10.0. The Bertz CT molecular complexity index is 1010. The number of guanidine groups is 1. The summed E-state index contributed by atoms with van der Waals surface area (Å²) in [5, 5.41) is 5.65. The maximum absolute atomic E-state index is 14.1. The molecule has 0 unspecified atom stereocenters. The number of carbonyl (C=O) groups is 2. The minimum Gasteiger partial charge on any atom is -0.366 e. The van der Waals surface area contributed by atoms with Crippen molar-refractivity contribution in [2.24, 2.45) is 4.99 Å². The number of hydrogen-bond donors (Lipinski definition) is 2. The molecule has 2 amide bonds. The highest BCUT2D eigenvalue weighted by atomic mass is 19.1. The summed E-state index contributed by atoms with van der Waals surface area (Å²) in [7, 11) is 0. The Morgan fingerprint density at radius 3 is 2.38 bits per heavy atom. The molecule has 8 heteroatoms. The first kappa shape index (κ1) is 21.8. The predicted octanol–water partition coefficient (Wildman–Crippen LogP) is 2.95. The monoisotopic (exact) mass is 437 g/mol. The van der Waals surface area contributed by atoms with Gasteiger partial charge < -0.3 is 15.1 Å². The maximum Gasteiger partial charge on any atom is 0.249 e. The summed E-state index contributed by atoms with van der Waals surface area (Å²) >= 11 is 0. The molecule has 2 aliphatic rings. The summed E-state index contributed by atoms with van der Waals surface area (Å²) in [5.74, 6) is 0.0291. The number of aliphatic imine (C=N–C) groups is 1. The molecule has 2 aliphatic heterocycles. The van der Waals surface area contributed by atoms with Gasteiger partial charge in [0.1, 0.15) is 11.9 Å². The van der Waals surface area contributed by atoms with Gasteiger partial charge in [-0.15, -0.1) is 0 Å². The summed E-state index contributed by atoms with van der Waals surface area (Å²) in [6.07, 6.45) is 0.00853. The highest BCUT2D eigenvalue weighted by molar-refractivity contribution is 6.06. The van der Waals surface area contributed by atoms with E-state index in [0.717, 1.165) is 0 Å². The molecule has 2 aromatic carbocycles. The first-order valence-electron chi connectivity index (χ1n) is 10.9. The second kappa shape index (κ2) is 9.38. The Hall–Kier alpha value is -3.42. The van der Waals surface area contributed by atoms with E-state index in [9.17, 15) is 14.0 Å².